The molecular formula is C34H40N4O. The minimum Gasteiger partial charge on any atom is -0.497 e. The van der Waals surface area contributed by atoms with Crippen molar-refractivity contribution in [1.29, 1.82) is 0 Å². The van der Waals surface area contributed by atoms with Crippen LogP contribution in [0.2, 0.25) is 0 Å². The molecule has 202 valence electrons. The van der Waals surface area contributed by atoms with E-state index in [2.05, 4.69) is 78.2 Å². The minimum absolute atomic E-state index is 0.226. The largest absolute Gasteiger partial charge is 0.497 e. The molecule has 39 heavy (non-hydrogen) atoms. The van der Waals surface area contributed by atoms with Crippen molar-refractivity contribution in [2.24, 2.45) is 17.3 Å². The summed E-state index contributed by atoms with van der Waals surface area (Å²) in [6.45, 7) is 7.70. The average Bonchev–Trinajstić information content (AvgIpc) is 3.39. The molecule has 0 spiro atoms. The van der Waals surface area contributed by atoms with Crippen LogP contribution < -0.4 is 9.64 Å². The first kappa shape index (κ1) is 23.9. The lowest BCUT2D eigenvalue weighted by Gasteiger charge is -2.66. The molecule has 2 saturated heterocycles. The van der Waals surface area contributed by atoms with Gasteiger partial charge >= 0.3 is 0 Å². The Hall–Kier alpha value is -2.92. The molecule has 5 heteroatoms. The molecule has 0 radical (unpaired) electrons. The molecule has 0 amide bonds. The van der Waals surface area contributed by atoms with E-state index in [1.165, 1.54) is 50.8 Å². The van der Waals surface area contributed by atoms with Crippen molar-refractivity contribution in [3.05, 3.63) is 82.7 Å². The van der Waals surface area contributed by atoms with E-state index in [1.54, 1.807) is 11.1 Å². The van der Waals surface area contributed by atoms with Crippen LogP contribution in [-0.4, -0.2) is 53.7 Å². The van der Waals surface area contributed by atoms with Crippen molar-refractivity contribution in [3.63, 3.8) is 0 Å². The second-order valence-electron chi connectivity index (χ2n) is 13.1. The summed E-state index contributed by atoms with van der Waals surface area (Å²) in [4.78, 5) is 15.5. The van der Waals surface area contributed by atoms with Gasteiger partial charge in [0.25, 0.3) is 0 Å². The first-order chi connectivity index (χ1) is 19.0. The molecule has 5 nitrogen and oxygen atoms in total. The third-order valence-electron chi connectivity index (χ3n) is 11.6. The van der Waals surface area contributed by atoms with Crippen LogP contribution in [0.1, 0.15) is 53.8 Å². The number of aryl methyl sites for hydroxylation is 2. The maximum Gasteiger partial charge on any atom is 0.226 e. The number of anilines is 1. The highest BCUT2D eigenvalue weighted by Gasteiger charge is 2.76. The van der Waals surface area contributed by atoms with Gasteiger partial charge < -0.3 is 9.64 Å². The summed E-state index contributed by atoms with van der Waals surface area (Å²) in [6, 6.07) is 21.4. The molecule has 6 atom stereocenters. The number of nitrogens with zero attached hydrogens (tertiary/aromatic N) is 4. The summed E-state index contributed by atoms with van der Waals surface area (Å²) < 4.78 is 5.84. The highest BCUT2D eigenvalue weighted by molar-refractivity contribution is 5.53. The number of piperidine rings is 1. The molecule has 5 aliphatic rings. The lowest BCUT2D eigenvalue weighted by molar-refractivity contribution is -0.0904. The fourth-order valence-electron chi connectivity index (χ4n) is 10.5. The maximum atomic E-state index is 5.84. The smallest absolute Gasteiger partial charge is 0.226 e. The Bertz CT molecular complexity index is 1400. The molecule has 4 fully saturated rings. The molecule has 0 N–H and O–H groups in total. The van der Waals surface area contributed by atoms with Gasteiger partial charge in [-0.1, -0.05) is 36.4 Å². The number of benzene rings is 2. The van der Waals surface area contributed by atoms with Gasteiger partial charge in [0.15, 0.2) is 0 Å². The quantitative estimate of drug-likeness (QED) is 0.443. The van der Waals surface area contributed by atoms with E-state index in [9.17, 15) is 0 Å². The van der Waals surface area contributed by atoms with Gasteiger partial charge in [0.1, 0.15) is 5.75 Å². The SMILES string of the molecule is COc1ccc2c(c1)C13CCN(CCc4ccccc4)C(C2)C12CCC1C3[C@@H](CN1c1nc(C)cc(C)n1)C2. The molecule has 8 rings (SSSR count). The van der Waals surface area contributed by atoms with Crippen molar-refractivity contribution >= 4 is 5.95 Å². The van der Waals surface area contributed by atoms with Gasteiger partial charge in [-0.15, -0.1) is 0 Å². The van der Waals surface area contributed by atoms with Crippen LogP contribution in [0, 0.1) is 31.1 Å². The number of fused-ring (bicyclic) bond motifs is 1. The molecule has 2 aromatic carbocycles. The standard InChI is InChI=1S/C34H40N4O/c1-22-17-23(2)36-32(35-22)38-21-26-20-33-13-11-29(38)31(26)34(33)14-16-37(15-12-24-7-5-4-6-8-24)30(33)18-25-9-10-27(39-3)19-28(25)34/h4-10,17,19,26,29-31H,11-16,18,20-21H2,1-3H3/t26-,29?,30?,31?,33?,34?/m1/s1. The predicted molar refractivity (Wildman–Crippen MR) is 154 cm³/mol. The molecule has 3 aliphatic carbocycles. The summed E-state index contributed by atoms with van der Waals surface area (Å²) in [7, 11) is 1.82. The fourth-order valence-corrected chi connectivity index (χ4v) is 10.5. The fraction of sp³-hybridized carbons (Fsp3) is 0.529. The van der Waals surface area contributed by atoms with E-state index < -0.39 is 0 Å². The van der Waals surface area contributed by atoms with Crippen LogP contribution >= 0.6 is 0 Å². The van der Waals surface area contributed by atoms with Crippen LogP contribution in [-0.2, 0) is 18.3 Å². The van der Waals surface area contributed by atoms with Gasteiger partial charge in [-0.25, -0.2) is 9.97 Å². The zero-order chi connectivity index (χ0) is 26.4. The number of aromatic nitrogens is 2. The number of rotatable bonds is 5. The summed E-state index contributed by atoms with van der Waals surface area (Å²) in [6.07, 6.45) is 7.51. The third kappa shape index (κ3) is 3.23. The molecule has 3 aromatic rings. The van der Waals surface area contributed by atoms with Crippen LogP contribution in [0.3, 0.4) is 0 Å². The average molecular weight is 521 g/mol. The molecule has 3 heterocycles. The summed E-state index contributed by atoms with van der Waals surface area (Å²) >= 11 is 0. The van der Waals surface area contributed by atoms with Crippen LogP contribution in [0.5, 0.6) is 5.75 Å². The van der Waals surface area contributed by atoms with E-state index in [1.807, 2.05) is 7.11 Å². The van der Waals surface area contributed by atoms with Gasteiger partial charge in [-0.05, 0) is 111 Å². The Labute approximate surface area is 232 Å². The number of likely N-dealkylation sites (tertiary alicyclic amines) is 1. The molecule has 1 aromatic heterocycles. The van der Waals surface area contributed by atoms with Gasteiger partial charge in [0.2, 0.25) is 5.95 Å². The van der Waals surface area contributed by atoms with Gasteiger partial charge in [0, 0.05) is 42.0 Å². The van der Waals surface area contributed by atoms with Gasteiger partial charge in [-0.3, -0.25) is 4.90 Å². The van der Waals surface area contributed by atoms with Crippen molar-refractivity contribution in [1.82, 2.24) is 14.9 Å². The molecule has 4 bridgehead atoms. The van der Waals surface area contributed by atoms with Gasteiger partial charge in [0.05, 0.1) is 7.11 Å². The second kappa shape index (κ2) is 8.54. The Morgan fingerprint density at radius 2 is 1.82 bits per heavy atom. The zero-order valence-electron chi connectivity index (χ0n) is 23.6. The molecule has 2 saturated carbocycles. The van der Waals surface area contributed by atoms with E-state index in [0.717, 1.165) is 36.1 Å². The topological polar surface area (TPSA) is 41.5 Å². The van der Waals surface area contributed by atoms with Crippen molar-refractivity contribution in [2.45, 2.75) is 69.9 Å². The zero-order valence-corrected chi connectivity index (χ0v) is 23.6. The van der Waals surface area contributed by atoms with Crippen molar-refractivity contribution in [2.75, 3.05) is 31.6 Å². The maximum absolute atomic E-state index is 5.84. The third-order valence-corrected chi connectivity index (χ3v) is 11.6. The highest BCUT2D eigenvalue weighted by atomic mass is 16.5. The molecule has 2 aliphatic heterocycles. The minimum atomic E-state index is 0.226. The first-order valence-electron chi connectivity index (χ1n) is 15.1. The normalized spacial score (nSPS) is 34.1. The lowest BCUT2D eigenvalue weighted by Crippen LogP contribution is -2.69. The molecule has 5 unspecified atom stereocenters. The van der Waals surface area contributed by atoms with E-state index in [-0.39, 0.29) is 5.41 Å². The highest BCUT2D eigenvalue weighted by Crippen LogP contribution is 2.75. The van der Waals surface area contributed by atoms with E-state index in [4.69, 9.17) is 14.7 Å². The van der Waals surface area contributed by atoms with Gasteiger partial charge in [-0.2, -0.15) is 0 Å². The van der Waals surface area contributed by atoms with Crippen molar-refractivity contribution in [3.8, 4) is 5.75 Å². The van der Waals surface area contributed by atoms with Crippen LogP contribution in [0.15, 0.2) is 54.6 Å². The predicted octanol–water partition coefficient (Wildman–Crippen LogP) is 5.52. The number of ether oxygens (including phenoxy) is 1. The molecular weight excluding hydrogens is 480 g/mol. The Kier molecular flexibility index (Phi) is 5.24. The second-order valence-corrected chi connectivity index (χ2v) is 13.1. The number of hydrogen-bond donors (Lipinski definition) is 0. The van der Waals surface area contributed by atoms with Crippen molar-refractivity contribution < 1.29 is 4.74 Å². The Morgan fingerprint density at radius 3 is 2.62 bits per heavy atom. The Balaban J connectivity index is 1.22. The summed E-state index contributed by atoms with van der Waals surface area (Å²) in [5.41, 5.74) is 7.41. The van der Waals surface area contributed by atoms with Crippen LogP contribution in [0.4, 0.5) is 5.95 Å². The lowest BCUT2D eigenvalue weighted by atomic mass is 9.43. The summed E-state index contributed by atoms with van der Waals surface area (Å²) in [5, 5.41) is 0. The monoisotopic (exact) mass is 520 g/mol. The first-order valence-corrected chi connectivity index (χ1v) is 15.1. The number of hydrogen-bond acceptors (Lipinski definition) is 5. The van der Waals surface area contributed by atoms with E-state index >= 15 is 0 Å². The van der Waals surface area contributed by atoms with E-state index in [0.29, 0.717) is 29.3 Å². The summed E-state index contributed by atoms with van der Waals surface area (Å²) in [5.74, 6) is 3.36. The number of methoxy groups -OCH3 is 1. The van der Waals surface area contributed by atoms with Crippen LogP contribution in [0.25, 0.3) is 0 Å². The Morgan fingerprint density at radius 1 is 1.00 bits per heavy atom.